The van der Waals surface area contributed by atoms with Crippen molar-refractivity contribution in [2.45, 2.75) is 135 Å². The highest BCUT2D eigenvalue weighted by Gasteiger charge is 2.51. The molecule has 6 N–H and O–H groups in total. The van der Waals surface area contributed by atoms with Gasteiger partial charge in [0, 0.05) is 23.8 Å². The van der Waals surface area contributed by atoms with Crippen LogP contribution < -0.4 is 0 Å². The van der Waals surface area contributed by atoms with Gasteiger partial charge in [-0.15, -0.1) is 0 Å². The summed E-state index contributed by atoms with van der Waals surface area (Å²) in [6, 6.07) is -0.283. The van der Waals surface area contributed by atoms with E-state index >= 15 is 0 Å². The van der Waals surface area contributed by atoms with Gasteiger partial charge in [-0.2, -0.15) is 0 Å². The summed E-state index contributed by atoms with van der Waals surface area (Å²) in [6.45, 7) is 12.8. The van der Waals surface area contributed by atoms with Gasteiger partial charge in [0.25, 0.3) is 0 Å². The third kappa shape index (κ3) is 7.77. The molecule has 0 bridgehead atoms. The number of rotatable bonds is 4. The first-order valence-corrected chi connectivity index (χ1v) is 14.7. The minimum absolute atomic E-state index is 0.0428. The van der Waals surface area contributed by atoms with Crippen molar-refractivity contribution in [3.05, 3.63) is 0 Å². The number of ether oxygens (including phenoxy) is 3. The zero-order chi connectivity index (χ0) is 31.6. The van der Waals surface area contributed by atoms with Gasteiger partial charge in [-0.3, -0.25) is 4.79 Å². The predicted molar refractivity (Wildman–Crippen MR) is 151 cm³/mol. The maximum absolute atomic E-state index is 13.2. The van der Waals surface area contributed by atoms with E-state index in [1.54, 1.807) is 27.7 Å². The third-order valence-corrected chi connectivity index (χ3v) is 9.23. The monoisotopic (exact) mass is 590 g/mol. The molecule has 0 unspecified atom stereocenters. The molecule has 2 aliphatic rings. The lowest BCUT2D eigenvalue weighted by Crippen LogP contribution is -2.60. The van der Waals surface area contributed by atoms with Crippen molar-refractivity contribution < 1.29 is 49.7 Å². The van der Waals surface area contributed by atoms with Gasteiger partial charge in [-0.05, 0) is 61.1 Å². The van der Waals surface area contributed by atoms with Gasteiger partial charge in [0.05, 0.1) is 41.6 Å². The molecule has 0 aliphatic carbocycles. The normalized spacial score (nSPS) is 48.6. The van der Waals surface area contributed by atoms with Crippen molar-refractivity contribution in [2.75, 3.05) is 14.1 Å². The summed E-state index contributed by atoms with van der Waals surface area (Å²) < 4.78 is 17.9. The fourth-order valence-corrected chi connectivity index (χ4v) is 6.61. The minimum Gasteiger partial charge on any atom is -0.459 e. The summed E-state index contributed by atoms with van der Waals surface area (Å²) in [5, 5.41) is 70.3. The molecular formula is C29H54N2O10. The Hall–Kier alpha value is -1.38. The average Bonchev–Trinajstić information content (AvgIpc) is 2.88. The molecular weight excluding hydrogens is 536 g/mol. The van der Waals surface area contributed by atoms with Crippen molar-refractivity contribution in [1.29, 1.82) is 0 Å². The summed E-state index contributed by atoms with van der Waals surface area (Å²) in [5.41, 5.74) is -3.51. The van der Waals surface area contributed by atoms with E-state index in [1.165, 1.54) is 20.8 Å². The molecule has 2 saturated heterocycles. The number of esters is 1. The fourth-order valence-electron chi connectivity index (χ4n) is 6.61. The van der Waals surface area contributed by atoms with Crippen LogP contribution in [0, 0.1) is 23.7 Å². The summed E-state index contributed by atoms with van der Waals surface area (Å²) in [5.74, 6) is -4.27. The molecule has 0 aromatic heterocycles. The molecule has 14 atom stereocenters. The van der Waals surface area contributed by atoms with Crippen LogP contribution in [0.2, 0.25) is 0 Å². The Labute approximate surface area is 244 Å². The molecule has 0 spiro atoms. The largest absolute Gasteiger partial charge is 0.459 e. The van der Waals surface area contributed by atoms with Gasteiger partial charge >= 0.3 is 5.97 Å². The Morgan fingerprint density at radius 1 is 1.02 bits per heavy atom. The van der Waals surface area contributed by atoms with Crippen molar-refractivity contribution in [1.82, 2.24) is 4.90 Å². The molecule has 2 rings (SSSR count). The first-order valence-electron chi connectivity index (χ1n) is 14.7. The van der Waals surface area contributed by atoms with Gasteiger partial charge in [0.2, 0.25) is 0 Å². The van der Waals surface area contributed by atoms with Crippen LogP contribution in [0.4, 0.5) is 0 Å². The lowest BCUT2D eigenvalue weighted by atomic mass is 9.73. The topological polar surface area (TPSA) is 182 Å². The molecule has 12 heteroatoms. The van der Waals surface area contributed by atoms with Crippen LogP contribution in [-0.2, 0) is 19.0 Å². The van der Waals surface area contributed by atoms with E-state index in [2.05, 4.69) is 5.16 Å². The van der Waals surface area contributed by atoms with E-state index in [0.717, 1.165) is 0 Å². The van der Waals surface area contributed by atoms with E-state index < -0.39 is 77.7 Å². The van der Waals surface area contributed by atoms with Crippen molar-refractivity contribution >= 4 is 11.7 Å². The number of hydrogen-bond donors (Lipinski definition) is 6. The Bertz CT molecular complexity index is 897. The third-order valence-electron chi connectivity index (χ3n) is 9.23. The van der Waals surface area contributed by atoms with Gasteiger partial charge in [-0.25, -0.2) is 0 Å². The maximum Gasteiger partial charge on any atom is 0.311 e. The van der Waals surface area contributed by atoms with E-state index in [0.29, 0.717) is 6.42 Å². The Morgan fingerprint density at radius 3 is 2.12 bits per heavy atom. The minimum atomic E-state index is -1.91. The van der Waals surface area contributed by atoms with Crippen molar-refractivity contribution in [2.24, 2.45) is 28.8 Å². The lowest BCUT2D eigenvalue weighted by molar-refractivity contribution is -0.298. The zero-order valence-electron chi connectivity index (χ0n) is 26.3. The number of aliphatic hydroxyl groups is 5. The van der Waals surface area contributed by atoms with E-state index in [1.807, 2.05) is 25.9 Å². The summed E-state index contributed by atoms with van der Waals surface area (Å²) in [6.07, 6.45) is -6.92. The van der Waals surface area contributed by atoms with Gasteiger partial charge in [0.1, 0.15) is 17.8 Å². The Kier molecular flexibility index (Phi) is 12.2. The standard InChI is InChI=1S/C29H54N2O10/c1-11-20-29(8,37)24(34)16(4)21(30-38)14(2)13-28(7,36)25(17(5)22(32)18(6)26(35)40-20)41-27-23(33)19(31(9)10)12-15(3)39-27/h14-20,22-25,27,32-34,36-38H,11-13H2,1-10H3/b30-21+/t14-,15-,16+,17+,18-,19+,20-,22+,23-,24-,25-,27+,28-,29-/m1/s1. The van der Waals surface area contributed by atoms with Gasteiger partial charge < -0.3 is 49.9 Å². The summed E-state index contributed by atoms with van der Waals surface area (Å²) in [7, 11) is 3.68. The van der Waals surface area contributed by atoms with Crippen LogP contribution in [0.15, 0.2) is 5.16 Å². The number of cyclic esters (lactones) is 1. The second-order valence-electron chi connectivity index (χ2n) is 13.0. The second kappa shape index (κ2) is 13.9. The van der Waals surface area contributed by atoms with E-state index in [9.17, 15) is 35.5 Å². The molecule has 0 saturated carbocycles. The summed E-state index contributed by atoms with van der Waals surface area (Å²) in [4.78, 5) is 15.1. The molecule has 12 nitrogen and oxygen atoms in total. The first kappa shape index (κ1) is 35.8. The highest BCUT2D eigenvalue weighted by Crippen LogP contribution is 2.37. The summed E-state index contributed by atoms with van der Waals surface area (Å²) >= 11 is 0. The average molecular weight is 591 g/mol. The molecule has 2 fully saturated rings. The molecule has 0 radical (unpaired) electrons. The first-order chi connectivity index (χ1) is 18.8. The quantitative estimate of drug-likeness (QED) is 0.157. The van der Waals surface area contributed by atoms with E-state index in [-0.39, 0.29) is 30.7 Å². The van der Waals surface area contributed by atoms with Crippen LogP contribution in [0.3, 0.4) is 0 Å². The number of aliphatic hydroxyl groups excluding tert-OH is 3. The van der Waals surface area contributed by atoms with Crippen LogP contribution >= 0.6 is 0 Å². The van der Waals surface area contributed by atoms with Gasteiger partial charge in [0.15, 0.2) is 6.29 Å². The van der Waals surface area contributed by atoms with Crippen molar-refractivity contribution in [3.8, 4) is 0 Å². The van der Waals surface area contributed by atoms with Crippen LogP contribution in [0.25, 0.3) is 0 Å². The number of hydrogen-bond acceptors (Lipinski definition) is 12. The smallest absolute Gasteiger partial charge is 0.311 e. The number of likely N-dealkylation sites (N-methyl/N-ethyl adjacent to an activating group) is 1. The van der Waals surface area contributed by atoms with Crippen LogP contribution in [-0.4, -0.2) is 122 Å². The molecule has 0 aromatic carbocycles. The zero-order valence-corrected chi connectivity index (χ0v) is 26.3. The number of carbonyl (C=O) groups is 1. The molecule has 2 aliphatic heterocycles. The van der Waals surface area contributed by atoms with Gasteiger partial charge in [-0.1, -0.05) is 32.9 Å². The fraction of sp³-hybridized carbons (Fsp3) is 0.931. The van der Waals surface area contributed by atoms with Crippen LogP contribution in [0.5, 0.6) is 0 Å². The SMILES string of the molecule is CC[C@H]1OC(=O)[C@H](C)[C@@H](O)[C@H](C)[C@@H](O[C@@H]2O[C@H](C)C[C@H](N(C)C)[C@H]2O)[C@](C)(O)C[C@@H](C)/C(=N\O)[C@H](C)[C@@H](O)[C@]1(C)O. The molecule has 0 amide bonds. The molecule has 240 valence electrons. The number of carbonyl (C=O) groups excluding carboxylic acids is 1. The number of oxime groups is 1. The van der Waals surface area contributed by atoms with Crippen molar-refractivity contribution in [3.63, 3.8) is 0 Å². The molecule has 0 aromatic rings. The Morgan fingerprint density at radius 2 is 1.61 bits per heavy atom. The predicted octanol–water partition coefficient (Wildman–Crippen LogP) is 1.12. The van der Waals surface area contributed by atoms with Crippen LogP contribution in [0.1, 0.15) is 74.7 Å². The highest BCUT2D eigenvalue weighted by atomic mass is 16.7. The van der Waals surface area contributed by atoms with E-state index in [4.69, 9.17) is 14.2 Å². The maximum atomic E-state index is 13.2. The molecule has 41 heavy (non-hydrogen) atoms. The number of nitrogens with zero attached hydrogens (tertiary/aromatic N) is 2. The Balaban J connectivity index is 2.60. The molecule has 2 heterocycles. The highest BCUT2D eigenvalue weighted by molar-refractivity contribution is 5.88. The second-order valence-corrected chi connectivity index (χ2v) is 13.0. The lowest BCUT2D eigenvalue weighted by Gasteiger charge is -2.47.